The Kier molecular flexibility index (Phi) is 1.31. The molecule has 0 bridgehead atoms. The molecular weight excluding hydrogens is 72.1 g/mol. The van der Waals surface area contributed by atoms with Gasteiger partial charge in [0.25, 0.3) is 0 Å². The topological polar surface area (TPSA) is 0 Å². The zero-order valence-electron chi connectivity index (χ0n) is 4.98. The molecule has 0 heterocycles. The molecule has 6 heavy (non-hydrogen) atoms. The van der Waals surface area contributed by atoms with E-state index in [1.54, 1.807) is 0 Å². The highest BCUT2D eigenvalue weighted by Gasteiger charge is 1.87. The second kappa shape index (κ2) is 2.01. The zero-order valence-corrected chi connectivity index (χ0v) is 3.98. The monoisotopic (exact) mass is 83.1 g/mol. The van der Waals surface area contributed by atoms with Gasteiger partial charge in [-0.1, -0.05) is 12.2 Å². The van der Waals surface area contributed by atoms with E-state index in [2.05, 4.69) is 12.2 Å². The van der Waals surface area contributed by atoms with Gasteiger partial charge in [0.1, 0.15) is 0 Å². The summed E-state index contributed by atoms with van der Waals surface area (Å²) in [4.78, 5) is 0. The van der Waals surface area contributed by atoms with Gasteiger partial charge in [-0.05, 0) is 25.7 Å². The van der Waals surface area contributed by atoms with Gasteiger partial charge in [0, 0.05) is 0 Å². The van der Waals surface area contributed by atoms with Crippen LogP contribution >= 0.6 is 0 Å². The summed E-state index contributed by atoms with van der Waals surface area (Å²) < 4.78 is 0. The molecule has 0 unspecified atom stereocenters. The van der Waals surface area contributed by atoms with E-state index >= 15 is 0 Å². The van der Waals surface area contributed by atoms with Gasteiger partial charge in [-0.15, -0.1) is 0 Å². The Hall–Kier alpha value is -0.260. The first kappa shape index (κ1) is 3.91. The van der Waals surface area contributed by atoms with E-state index in [4.69, 9.17) is 0 Å². The number of hydrogen-bond acceptors (Lipinski definition) is 0. The number of rotatable bonds is 0. The lowest BCUT2D eigenvalue weighted by Crippen LogP contribution is -1.77. The Labute approximate surface area is 40.4 Å². The molecule has 0 amide bonds. The highest BCUT2D eigenvalue weighted by atomic mass is 13.9. The maximum atomic E-state index is 2.27. The van der Waals surface area contributed by atoms with Crippen molar-refractivity contribution in [3.8, 4) is 0 Å². The van der Waals surface area contributed by atoms with Crippen LogP contribution in [0.5, 0.6) is 0 Å². The third-order valence-corrected chi connectivity index (χ3v) is 1.16. The van der Waals surface area contributed by atoms with E-state index < -0.39 is 0 Å². The average molecular weight is 83.2 g/mol. The number of hydrogen-bond donors (Lipinski definition) is 0. The van der Waals surface area contributed by atoms with Crippen molar-refractivity contribution >= 4 is 0 Å². The molecule has 0 aromatic carbocycles. The van der Waals surface area contributed by atoms with Gasteiger partial charge in [0.05, 0.1) is 0 Å². The smallest absolute Gasteiger partial charge is 0.0885 e. The summed E-state index contributed by atoms with van der Waals surface area (Å²) in [6.07, 6.45) is 10.0. The molecule has 34 valence electrons. The van der Waals surface area contributed by atoms with Crippen LogP contribution in [0.4, 0.5) is 0 Å². The van der Waals surface area contributed by atoms with Crippen molar-refractivity contribution in [3.63, 3.8) is 0 Å². The molecule has 0 aliphatic heterocycles. The van der Waals surface area contributed by atoms with Crippen LogP contribution in [0.1, 0.15) is 27.1 Å². The van der Waals surface area contributed by atoms with Crippen LogP contribution in [0.15, 0.2) is 12.2 Å². The van der Waals surface area contributed by atoms with Crippen molar-refractivity contribution in [1.29, 1.82) is 0 Å². The predicted octanol–water partition coefficient (Wildman–Crippen LogP) is 2.23. The first-order valence-corrected chi connectivity index (χ1v) is 2.65. The van der Waals surface area contributed by atoms with Gasteiger partial charge in [0.15, 0.2) is 0 Å². The third-order valence-electron chi connectivity index (χ3n) is 1.16. The summed E-state index contributed by atoms with van der Waals surface area (Å²) in [5.41, 5.74) is 0. The van der Waals surface area contributed by atoms with Crippen molar-refractivity contribution in [2.24, 2.45) is 0 Å². The van der Waals surface area contributed by atoms with Gasteiger partial charge in [-0.3, -0.25) is 0 Å². The molecule has 0 nitrogen and oxygen atoms in total. The molecule has 0 heteroatoms. The largest absolute Gasteiger partial charge is 1.00 e. The summed E-state index contributed by atoms with van der Waals surface area (Å²) in [5.74, 6) is 0. The van der Waals surface area contributed by atoms with E-state index in [0.717, 1.165) is 0 Å². The molecule has 0 aromatic heterocycles. The summed E-state index contributed by atoms with van der Waals surface area (Å²) in [6.45, 7) is 0. The quantitative estimate of drug-likeness (QED) is 0.394. The van der Waals surface area contributed by atoms with Crippen molar-refractivity contribution in [1.82, 2.24) is 0 Å². The van der Waals surface area contributed by atoms with Gasteiger partial charge in [-0.2, -0.15) is 0 Å². The van der Waals surface area contributed by atoms with E-state index in [1.165, 1.54) is 25.7 Å². The van der Waals surface area contributed by atoms with E-state index in [-0.39, 0.29) is 1.43 Å². The molecule has 0 spiro atoms. The Balaban J connectivity index is 0.000000360. The van der Waals surface area contributed by atoms with Gasteiger partial charge in [-0.25, -0.2) is 0 Å². The minimum Gasteiger partial charge on any atom is -0.0885 e. The van der Waals surface area contributed by atoms with Crippen LogP contribution in [-0.2, 0) is 0 Å². The molecule has 0 aromatic rings. The second-order valence-electron chi connectivity index (χ2n) is 1.76. The highest BCUT2D eigenvalue weighted by Crippen LogP contribution is 2.07. The summed E-state index contributed by atoms with van der Waals surface area (Å²) in [5, 5.41) is 0. The lowest BCUT2D eigenvalue weighted by molar-refractivity contribution is 0.730. The first-order chi connectivity index (χ1) is 3.00. The van der Waals surface area contributed by atoms with Gasteiger partial charge in [0.2, 0.25) is 0 Å². The maximum Gasteiger partial charge on any atom is 1.00 e. The summed E-state index contributed by atoms with van der Waals surface area (Å²) in [7, 11) is 0. The average Bonchev–Trinajstić information content (AvgIpc) is 1.72. The Morgan fingerprint density at radius 3 is 1.67 bits per heavy atom. The predicted molar refractivity (Wildman–Crippen MR) is 28.7 cm³/mol. The third kappa shape index (κ3) is 0.852. The van der Waals surface area contributed by atoms with E-state index in [9.17, 15) is 0 Å². The fourth-order valence-corrected chi connectivity index (χ4v) is 0.760. The molecule has 1 rings (SSSR count). The second-order valence-corrected chi connectivity index (χ2v) is 1.76. The molecule has 0 saturated carbocycles. The van der Waals surface area contributed by atoms with Gasteiger partial charge >= 0.3 is 1.43 Å². The molecular formula is C6H11+. The zero-order chi connectivity index (χ0) is 4.24. The maximum absolute atomic E-state index is 2.27. The Morgan fingerprint density at radius 2 is 1.50 bits per heavy atom. The molecule has 0 saturated heterocycles. The molecule has 0 atom stereocenters. The SMILES string of the molecule is C1=CCCCC1.[H+]. The first-order valence-electron chi connectivity index (χ1n) is 2.65. The fourth-order valence-electron chi connectivity index (χ4n) is 0.760. The minimum absolute atomic E-state index is 0. The fraction of sp³-hybridized carbons (Fsp3) is 0.667. The van der Waals surface area contributed by atoms with Crippen LogP contribution < -0.4 is 0 Å². The molecule has 0 radical (unpaired) electrons. The standard InChI is InChI=1S/C6H10/c1-2-4-6-5-3-1/h1-2H,3-6H2/p+1. The summed E-state index contributed by atoms with van der Waals surface area (Å²) >= 11 is 0. The molecule has 1 aliphatic carbocycles. The molecule has 0 N–H and O–H groups in total. The van der Waals surface area contributed by atoms with Crippen molar-refractivity contribution in [2.75, 3.05) is 0 Å². The van der Waals surface area contributed by atoms with Crippen LogP contribution in [-0.4, -0.2) is 0 Å². The normalized spacial score (nSPS) is 21.3. The lowest BCUT2D eigenvalue weighted by Gasteiger charge is -1.97. The van der Waals surface area contributed by atoms with E-state index in [0.29, 0.717) is 0 Å². The van der Waals surface area contributed by atoms with Gasteiger partial charge < -0.3 is 0 Å². The van der Waals surface area contributed by atoms with Crippen LogP contribution in [0, 0.1) is 0 Å². The minimum atomic E-state index is 0. The van der Waals surface area contributed by atoms with Crippen LogP contribution in [0.2, 0.25) is 0 Å². The van der Waals surface area contributed by atoms with Crippen molar-refractivity contribution < 1.29 is 1.43 Å². The number of allylic oxidation sites excluding steroid dienone is 2. The van der Waals surface area contributed by atoms with E-state index in [1.807, 2.05) is 0 Å². The Bertz CT molecular complexity index is 49.2. The van der Waals surface area contributed by atoms with Crippen molar-refractivity contribution in [3.05, 3.63) is 12.2 Å². The highest BCUT2D eigenvalue weighted by molar-refractivity contribution is 4.85. The molecule has 1 aliphatic rings. The Morgan fingerprint density at radius 1 is 1.00 bits per heavy atom. The lowest BCUT2D eigenvalue weighted by atomic mass is 10.1. The summed E-state index contributed by atoms with van der Waals surface area (Å²) in [6, 6.07) is 0. The van der Waals surface area contributed by atoms with Crippen LogP contribution in [0.25, 0.3) is 0 Å². The van der Waals surface area contributed by atoms with Crippen molar-refractivity contribution in [2.45, 2.75) is 25.7 Å². The van der Waals surface area contributed by atoms with Crippen LogP contribution in [0.3, 0.4) is 0 Å². The molecule has 0 fully saturated rings.